The molecule has 1 unspecified atom stereocenters. The van der Waals surface area contributed by atoms with Crippen LogP contribution in [0.5, 0.6) is 0 Å². The van der Waals surface area contributed by atoms with Gasteiger partial charge in [0, 0.05) is 0 Å². The molecular weight excluding hydrogens is 342 g/mol. The fourth-order valence-corrected chi connectivity index (χ4v) is 2.98. The van der Waals surface area contributed by atoms with E-state index in [-0.39, 0.29) is 6.10 Å². The smallest absolute Gasteiger partial charge is 0.307 e. The van der Waals surface area contributed by atoms with E-state index in [2.05, 4.69) is 17.8 Å². The number of unbranched alkanes of at least 4 members (excludes halogenated alkanes) is 9. The highest BCUT2D eigenvalue weighted by molar-refractivity contribution is 7.86. The number of hydrogen-bond donors (Lipinski definition) is 1. The highest BCUT2D eigenvalue weighted by Gasteiger charge is 2.16. The van der Waals surface area contributed by atoms with Crippen LogP contribution in [-0.2, 0) is 23.9 Å². The molecule has 0 spiro atoms. The normalized spacial score (nSPS) is 13.0. The Hall–Kier alpha value is -0.470. The topological polar surface area (TPSA) is 87.8 Å². The van der Waals surface area contributed by atoms with Crippen LogP contribution in [0.15, 0.2) is 12.7 Å². The summed E-state index contributed by atoms with van der Waals surface area (Å²) in [5.74, 6) is 4.16. The molecule has 0 fully saturated rings. The molecule has 25 heavy (non-hydrogen) atoms. The molecule has 6 nitrogen and oxygen atoms in total. The molecule has 0 saturated carbocycles. The van der Waals surface area contributed by atoms with Crippen molar-refractivity contribution in [2.24, 2.45) is 5.90 Å². The van der Waals surface area contributed by atoms with Gasteiger partial charge in [0.1, 0.15) is 0 Å². The first-order valence-electron chi connectivity index (χ1n) is 9.47. The number of hydrogen-bond acceptors (Lipinski definition) is 6. The molecule has 0 aliphatic carbocycles. The third-order valence-corrected chi connectivity index (χ3v) is 4.73. The van der Waals surface area contributed by atoms with Crippen LogP contribution in [0.4, 0.5) is 0 Å². The molecule has 0 radical (unpaired) electrons. The van der Waals surface area contributed by atoms with Crippen molar-refractivity contribution < 1.29 is 22.2 Å². The van der Waals surface area contributed by atoms with Crippen molar-refractivity contribution in [3.63, 3.8) is 0 Å². The van der Waals surface area contributed by atoms with Crippen molar-refractivity contribution in [2.45, 2.75) is 83.7 Å². The Labute approximate surface area is 154 Å². The van der Waals surface area contributed by atoms with Gasteiger partial charge in [-0.1, -0.05) is 77.2 Å². The largest absolute Gasteiger partial charge is 0.375 e. The van der Waals surface area contributed by atoms with Gasteiger partial charge in [-0.05, 0) is 6.42 Å². The summed E-state index contributed by atoms with van der Waals surface area (Å²) in [6, 6.07) is 0. The summed E-state index contributed by atoms with van der Waals surface area (Å²) in [4.78, 5) is 0. The van der Waals surface area contributed by atoms with E-state index in [9.17, 15) is 8.42 Å². The summed E-state index contributed by atoms with van der Waals surface area (Å²) >= 11 is 0. The first kappa shape index (κ1) is 24.5. The number of ether oxygens (including phenoxy) is 2. The first-order valence-corrected chi connectivity index (χ1v) is 11.0. The van der Waals surface area contributed by atoms with Crippen LogP contribution < -0.4 is 5.90 Å². The van der Waals surface area contributed by atoms with Crippen LogP contribution >= 0.6 is 0 Å². The Bertz CT molecular complexity index is 400. The second-order valence-corrected chi connectivity index (χ2v) is 7.90. The molecular formula is C18H37NO5S. The average Bonchev–Trinajstić information content (AvgIpc) is 2.60. The second-order valence-electron chi connectivity index (χ2n) is 6.36. The number of rotatable bonds is 19. The van der Waals surface area contributed by atoms with Crippen LogP contribution in [0.1, 0.15) is 77.6 Å². The van der Waals surface area contributed by atoms with Crippen LogP contribution in [0.2, 0.25) is 0 Å². The minimum absolute atomic E-state index is 0.279. The van der Waals surface area contributed by atoms with Crippen molar-refractivity contribution in [3.8, 4) is 0 Å². The standard InChI is InChI=1S/C18H37NO5S/c1-3-5-6-7-8-9-10-11-12-13-14-18(16-22-15-4-2)23-17-25(20,21)24-19/h4,18H,2-3,5-17,19H2,1H3. The van der Waals surface area contributed by atoms with Crippen molar-refractivity contribution in [1.29, 1.82) is 0 Å². The van der Waals surface area contributed by atoms with Crippen LogP contribution in [-0.4, -0.2) is 33.7 Å². The monoisotopic (exact) mass is 379 g/mol. The Morgan fingerprint density at radius 2 is 1.56 bits per heavy atom. The Morgan fingerprint density at radius 1 is 1.00 bits per heavy atom. The Kier molecular flexibility index (Phi) is 16.7. The summed E-state index contributed by atoms with van der Waals surface area (Å²) in [5.41, 5.74) is 0. The molecule has 1 atom stereocenters. The lowest BCUT2D eigenvalue weighted by atomic mass is 10.0. The van der Waals surface area contributed by atoms with Crippen molar-refractivity contribution in [3.05, 3.63) is 12.7 Å². The van der Waals surface area contributed by atoms with Gasteiger partial charge in [-0.3, -0.25) is 0 Å². The van der Waals surface area contributed by atoms with Gasteiger partial charge in [0.05, 0.1) is 19.3 Å². The SMILES string of the molecule is C=CCOCC(CCCCCCCCCCCC)OCS(=O)(=O)ON. The minimum Gasteiger partial charge on any atom is -0.375 e. The predicted molar refractivity (Wildman–Crippen MR) is 101 cm³/mol. The maximum absolute atomic E-state index is 11.2. The van der Waals surface area contributed by atoms with E-state index in [1.807, 2.05) is 0 Å². The third-order valence-electron chi connectivity index (χ3n) is 4.01. The Morgan fingerprint density at radius 3 is 2.08 bits per heavy atom. The van der Waals surface area contributed by atoms with E-state index in [1.165, 1.54) is 51.4 Å². The first-order chi connectivity index (χ1) is 12.1. The van der Waals surface area contributed by atoms with E-state index in [4.69, 9.17) is 15.4 Å². The maximum Gasteiger partial charge on any atom is 0.307 e. The lowest BCUT2D eigenvalue weighted by Gasteiger charge is -2.17. The van der Waals surface area contributed by atoms with Gasteiger partial charge in [-0.25, -0.2) is 0 Å². The average molecular weight is 380 g/mol. The molecule has 0 aliphatic rings. The zero-order chi connectivity index (χ0) is 18.8. The molecule has 0 rings (SSSR count). The van der Waals surface area contributed by atoms with Crippen molar-refractivity contribution in [1.82, 2.24) is 0 Å². The van der Waals surface area contributed by atoms with Crippen molar-refractivity contribution in [2.75, 3.05) is 19.2 Å². The van der Waals surface area contributed by atoms with E-state index < -0.39 is 16.1 Å². The fourth-order valence-electron chi connectivity index (χ4n) is 2.56. The van der Waals surface area contributed by atoms with Gasteiger partial charge in [0.25, 0.3) is 0 Å². The molecule has 0 aromatic carbocycles. The third kappa shape index (κ3) is 16.7. The summed E-state index contributed by atoms with van der Waals surface area (Å²) in [6.07, 6.45) is 14.7. The van der Waals surface area contributed by atoms with Crippen LogP contribution in [0.25, 0.3) is 0 Å². The molecule has 0 aromatic heterocycles. The summed E-state index contributed by atoms with van der Waals surface area (Å²) in [5, 5.41) is 0. The summed E-state index contributed by atoms with van der Waals surface area (Å²) in [7, 11) is -3.82. The lowest BCUT2D eigenvalue weighted by Crippen LogP contribution is -2.25. The maximum atomic E-state index is 11.2. The lowest BCUT2D eigenvalue weighted by molar-refractivity contribution is 0.000823. The molecule has 0 heterocycles. The van der Waals surface area contributed by atoms with Crippen LogP contribution in [0, 0.1) is 0 Å². The van der Waals surface area contributed by atoms with E-state index >= 15 is 0 Å². The van der Waals surface area contributed by atoms with Gasteiger partial charge in [0.15, 0.2) is 5.94 Å². The highest BCUT2D eigenvalue weighted by atomic mass is 32.2. The van der Waals surface area contributed by atoms with Gasteiger partial charge < -0.3 is 9.47 Å². The molecule has 7 heteroatoms. The minimum atomic E-state index is -3.82. The van der Waals surface area contributed by atoms with E-state index in [0.717, 1.165) is 19.3 Å². The zero-order valence-electron chi connectivity index (χ0n) is 15.8. The van der Waals surface area contributed by atoms with Gasteiger partial charge >= 0.3 is 10.1 Å². The van der Waals surface area contributed by atoms with Gasteiger partial charge in [-0.2, -0.15) is 18.6 Å². The predicted octanol–water partition coefficient (Wildman–Crippen LogP) is 4.06. The number of nitrogens with two attached hydrogens (primary N) is 1. The van der Waals surface area contributed by atoms with Gasteiger partial charge in [-0.15, -0.1) is 6.58 Å². The molecule has 150 valence electrons. The van der Waals surface area contributed by atoms with Crippen molar-refractivity contribution >= 4 is 10.1 Å². The molecule has 2 N–H and O–H groups in total. The van der Waals surface area contributed by atoms with E-state index in [0.29, 0.717) is 13.2 Å². The molecule has 0 aromatic rings. The Balaban J connectivity index is 3.80. The van der Waals surface area contributed by atoms with Gasteiger partial charge in [0.2, 0.25) is 0 Å². The molecule has 0 bridgehead atoms. The molecule has 0 aliphatic heterocycles. The quantitative estimate of drug-likeness (QED) is 0.207. The fraction of sp³-hybridized carbons (Fsp3) is 0.889. The summed E-state index contributed by atoms with van der Waals surface area (Å²) in [6.45, 7) is 6.57. The van der Waals surface area contributed by atoms with E-state index in [1.54, 1.807) is 6.08 Å². The summed E-state index contributed by atoms with van der Waals surface area (Å²) < 4.78 is 37.2. The second kappa shape index (κ2) is 17.0. The molecule has 0 amide bonds. The van der Waals surface area contributed by atoms with Crippen LogP contribution in [0.3, 0.4) is 0 Å². The molecule has 0 saturated heterocycles. The zero-order valence-corrected chi connectivity index (χ0v) is 16.6. The highest BCUT2D eigenvalue weighted by Crippen LogP contribution is 2.13.